The van der Waals surface area contributed by atoms with E-state index in [1.54, 1.807) is 0 Å². The fourth-order valence-corrected chi connectivity index (χ4v) is 2.18. The number of nitrogens with one attached hydrogen (secondary N) is 1. The number of hydrogen-bond donors (Lipinski definition) is 2. The molecule has 2 rings (SSSR count). The van der Waals surface area contributed by atoms with E-state index in [1.165, 1.54) is 5.56 Å². The number of hydrogen-bond acceptors (Lipinski definition) is 3. The SMILES string of the molecule is Cc1ccccc1CNC(=O)[C@@H]1CC[C@H](CN)O1.Cl. The van der Waals surface area contributed by atoms with Gasteiger partial charge < -0.3 is 15.8 Å². The molecule has 0 radical (unpaired) electrons. The summed E-state index contributed by atoms with van der Waals surface area (Å²) in [6, 6.07) is 8.03. The van der Waals surface area contributed by atoms with E-state index in [0.717, 1.165) is 18.4 Å². The zero-order valence-electron chi connectivity index (χ0n) is 11.1. The summed E-state index contributed by atoms with van der Waals surface area (Å²) >= 11 is 0. The zero-order valence-corrected chi connectivity index (χ0v) is 11.9. The first kappa shape index (κ1) is 16.0. The average Bonchev–Trinajstić information content (AvgIpc) is 2.86. The Morgan fingerprint density at radius 3 is 2.79 bits per heavy atom. The van der Waals surface area contributed by atoms with Gasteiger partial charge in [-0.25, -0.2) is 0 Å². The summed E-state index contributed by atoms with van der Waals surface area (Å²) in [6.45, 7) is 3.08. The Morgan fingerprint density at radius 1 is 1.42 bits per heavy atom. The molecule has 2 atom stereocenters. The third-order valence-electron chi connectivity index (χ3n) is 3.38. The van der Waals surface area contributed by atoms with E-state index in [4.69, 9.17) is 10.5 Å². The Labute approximate surface area is 120 Å². The largest absolute Gasteiger partial charge is 0.364 e. The monoisotopic (exact) mass is 284 g/mol. The van der Waals surface area contributed by atoms with Crippen molar-refractivity contribution in [1.29, 1.82) is 0 Å². The standard InChI is InChI=1S/C14H20N2O2.ClH/c1-10-4-2-3-5-11(10)9-16-14(17)13-7-6-12(8-15)18-13;/h2-5,12-13H,6-9,15H2,1H3,(H,16,17);1H/t12-,13+;/m1./s1. The van der Waals surface area contributed by atoms with Crippen molar-refractivity contribution < 1.29 is 9.53 Å². The van der Waals surface area contributed by atoms with Crippen molar-refractivity contribution in [3.63, 3.8) is 0 Å². The molecule has 1 amide bonds. The van der Waals surface area contributed by atoms with Crippen molar-refractivity contribution in [3.8, 4) is 0 Å². The molecule has 0 spiro atoms. The van der Waals surface area contributed by atoms with E-state index >= 15 is 0 Å². The van der Waals surface area contributed by atoms with Gasteiger partial charge in [0.1, 0.15) is 6.10 Å². The van der Waals surface area contributed by atoms with E-state index in [2.05, 4.69) is 5.32 Å². The highest BCUT2D eigenvalue weighted by molar-refractivity contribution is 5.85. The normalized spacial score (nSPS) is 21.8. The third kappa shape index (κ3) is 4.20. The van der Waals surface area contributed by atoms with Crippen LogP contribution < -0.4 is 11.1 Å². The van der Waals surface area contributed by atoms with Gasteiger partial charge >= 0.3 is 0 Å². The Morgan fingerprint density at radius 2 is 2.16 bits per heavy atom. The molecule has 0 unspecified atom stereocenters. The summed E-state index contributed by atoms with van der Waals surface area (Å²) < 4.78 is 5.55. The fourth-order valence-electron chi connectivity index (χ4n) is 2.18. The van der Waals surface area contributed by atoms with Gasteiger partial charge in [-0.1, -0.05) is 24.3 Å². The Balaban J connectivity index is 0.00000180. The summed E-state index contributed by atoms with van der Waals surface area (Å²) in [5, 5.41) is 2.92. The minimum absolute atomic E-state index is 0. The quantitative estimate of drug-likeness (QED) is 0.881. The van der Waals surface area contributed by atoms with Gasteiger partial charge in [-0.3, -0.25) is 4.79 Å². The maximum Gasteiger partial charge on any atom is 0.249 e. The molecule has 0 aliphatic carbocycles. The number of carbonyl (C=O) groups is 1. The molecule has 3 N–H and O–H groups in total. The maximum absolute atomic E-state index is 11.9. The Kier molecular flexibility index (Phi) is 6.28. The van der Waals surface area contributed by atoms with Crippen molar-refractivity contribution in [1.82, 2.24) is 5.32 Å². The smallest absolute Gasteiger partial charge is 0.249 e. The molecule has 4 nitrogen and oxygen atoms in total. The van der Waals surface area contributed by atoms with Crippen LogP contribution in [0.15, 0.2) is 24.3 Å². The lowest BCUT2D eigenvalue weighted by molar-refractivity contribution is -0.132. The first-order valence-electron chi connectivity index (χ1n) is 6.38. The summed E-state index contributed by atoms with van der Waals surface area (Å²) in [7, 11) is 0. The maximum atomic E-state index is 11.9. The molecular formula is C14H21ClN2O2. The van der Waals surface area contributed by atoms with Gasteiger partial charge in [0.15, 0.2) is 0 Å². The number of ether oxygens (including phenoxy) is 1. The van der Waals surface area contributed by atoms with Crippen LogP contribution in [0.3, 0.4) is 0 Å². The minimum atomic E-state index is -0.331. The van der Waals surface area contributed by atoms with E-state index in [1.807, 2.05) is 31.2 Å². The van der Waals surface area contributed by atoms with Crippen molar-refractivity contribution in [2.45, 2.75) is 38.5 Å². The third-order valence-corrected chi connectivity index (χ3v) is 3.38. The molecule has 5 heteroatoms. The summed E-state index contributed by atoms with van der Waals surface area (Å²) in [5.74, 6) is -0.0331. The number of benzene rings is 1. The van der Waals surface area contributed by atoms with Crippen LogP contribution in [-0.2, 0) is 16.1 Å². The van der Waals surface area contributed by atoms with Gasteiger partial charge in [-0.05, 0) is 30.9 Å². The van der Waals surface area contributed by atoms with E-state index in [0.29, 0.717) is 13.1 Å². The first-order chi connectivity index (χ1) is 8.70. The van der Waals surface area contributed by atoms with E-state index < -0.39 is 0 Å². The molecule has 1 saturated heterocycles. The minimum Gasteiger partial charge on any atom is -0.364 e. The number of halogens is 1. The van der Waals surface area contributed by atoms with Crippen LogP contribution in [0.5, 0.6) is 0 Å². The molecule has 106 valence electrons. The number of carbonyl (C=O) groups excluding carboxylic acids is 1. The number of rotatable bonds is 4. The van der Waals surface area contributed by atoms with Crippen molar-refractivity contribution in [3.05, 3.63) is 35.4 Å². The second-order valence-electron chi connectivity index (χ2n) is 4.70. The summed E-state index contributed by atoms with van der Waals surface area (Å²) in [4.78, 5) is 11.9. The van der Waals surface area contributed by atoms with E-state index in [-0.39, 0.29) is 30.5 Å². The highest BCUT2D eigenvalue weighted by atomic mass is 35.5. The van der Waals surface area contributed by atoms with Crippen LogP contribution in [0.2, 0.25) is 0 Å². The van der Waals surface area contributed by atoms with Crippen LogP contribution in [0, 0.1) is 6.92 Å². The molecule has 1 heterocycles. The molecule has 1 fully saturated rings. The highest BCUT2D eigenvalue weighted by Gasteiger charge is 2.29. The van der Waals surface area contributed by atoms with Gasteiger partial charge in [0.05, 0.1) is 6.10 Å². The second-order valence-corrected chi connectivity index (χ2v) is 4.70. The van der Waals surface area contributed by atoms with Crippen molar-refractivity contribution >= 4 is 18.3 Å². The summed E-state index contributed by atoms with van der Waals surface area (Å²) in [5.41, 5.74) is 7.85. The van der Waals surface area contributed by atoms with Crippen molar-refractivity contribution in [2.75, 3.05) is 6.54 Å². The van der Waals surface area contributed by atoms with Gasteiger partial charge in [-0.2, -0.15) is 0 Å². The molecule has 0 bridgehead atoms. The average molecular weight is 285 g/mol. The second kappa shape index (κ2) is 7.48. The van der Waals surface area contributed by atoms with Gasteiger partial charge in [0.2, 0.25) is 5.91 Å². The molecular weight excluding hydrogens is 264 g/mol. The first-order valence-corrected chi connectivity index (χ1v) is 6.38. The fraction of sp³-hybridized carbons (Fsp3) is 0.500. The van der Waals surface area contributed by atoms with Crippen LogP contribution >= 0.6 is 12.4 Å². The number of nitrogens with two attached hydrogens (primary N) is 1. The van der Waals surface area contributed by atoms with Gasteiger partial charge in [-0.15, -0.1) is 12.4 Å². The molecule has 1 aliphatic rings. The Hall–Kier alpha value is -1.10. The van der Waals surface area contributed by atoms with Crippen LogP contribution in [0.1, 0.15) is 24.0 Å². The predicted molar refractivity (Wildman–Crippen MR) is 77.2 cm³/mol. The molecule has 1 aromatic carbocycles. The lowest BCUT2D eigenvalue weighted by atomic mass is 10.1. The number of aryl methyl sites for hydroxylation is 1. The predicted octanol–water partition coefficient (Wildman–Crippen LogP) is 1.54. The number of amides is 1. The molecule has 19 heavy (non-hydrogen) atoms. The molecule has 0 saturated carbocycles. The van der Waals surface area contributed by atoms with E-state index in [9.17, 15) is 4.79 Å². The van der Waals surface area contributed by atoms with Crippen LogP contribution in [-0.4, -0.2) is 24.7 Å². The molecule has 1 aliphatic heterocycles. The van der Waals surface area contributed by atoms with Crippen LogP contribution in [0.25, 0.3) is 0 Å². The van der Waals surface area contributed by atoms with Gasteiger partial charge in [0, 0.05) is 13.1 Å². The zero-order chi connectivity index (χ0) is 13.0. The molecule has 1 aromatic rings. The topological polar surface area (TPSA) is 64.4 Å². The molecule has 0 aromatic heterocycles. The van der Waals surface area contributed by atoms with Gasteiger partial charge in [0.25, 0.3) is 0 Å². The van der Waals surface area contributed by atoms with Crippen LogP contribution in [0.4, 0.5) is 0 Å². The Bertz CT molecular complexity index is 426. The summed E-state index contributed by atoms with van der Waals surface area (Å²) in [6.07, 6.45) is 1.35. The van der Waals surface area contributed by atoms with Crippen molar-refractivity contribution in [2.24, 2.45) is 5.73 Å². The highest BCUT2D eigenvalue weighted by Crippen LogP contribution is 2.19. The lowest BCUT2D eigenvalue weighted by Crippen LogP contribution is -2.35. The lowest BCUT2D eigenvalue weighted by Gasteiger charge is -2.13.